The maximum atomic E-state index is 11.2. The highest BCUT2D eigenvalue weighted by Crippen LogP contribution is 2.24. The van der Waals surface area contributed by atoms with Crippen molar-refractivity contribution >= 4 is 5.91 Å². The first-order valence-corrected chi connectivity index (χ1v) is 5.03. The van der Waals surface area contributed by atoms with Crippen LogP contribution in [0.1, 0.15) is 46.0 Å². The summed E-state index contributed by atoms with van der Waals surface area (Å²) in [6.45, 7) is 4.27. The maximum Gasteiger partial charge on any atom is 0.220 e. The van der Waals surface area contributed by atoms with Gasteiger partial charge in [0.05, 0.1) is 0 Å². The summed E-state index contributed by atoms with van der Waals surface area (Å²) in [6, 6.07) is 0.462. The van der Waals surface area contributed by atoms with Crippen molar-refractivity contribution < 1.29 is 4.79 Å². The summed E-state index contributed by atoms with van der Waals surface area (Å²) >= 11 is 0. The number of carbonyl (C=O) groups excluding carboxylic acids is 1. The summed E-state index contributed by atoms with van der Waals surface area (Å²) in [5.41, 5.74) is 0. The van der Waals surface area contributed by atoms with E-state index in [2.05, 4.69) is 12.2 Å². The lowest BCUT2D eigenvalue weighted by atomic mass is 10.1. The number of carbonyl (C=O) groups is 1. The van der Waals surface area contributed by atoms with Crippen LogP contribution < -0.4 is 5.32 Å². The number of nitrogens with one attached hydrogen (secondary N) is 1. The minimum Gasteiger partial charge on any atom is -0.353 e. The van der Waals surface area contributed by atoms with Crippen molar-refractivity contribution in [2.75, 3.05) is 0 Å². The lowest BCUT2D eigenvalue weighted by Crippen LogP contribution is -2.36. The van der Waals surface area contributed by atoms with Crippen LogP contribution >= 0.6 is 0 Å². The second-order valence-corrected chi connectivity index (χ2v) is 3.83. The quantitative estimate of drug-likeness (QED) is 0.688. The third kappa shape index (κ3) is 2.50. The van der Waals surface area contributed by atoms with Crippen molar-refractivity contribution in [2.24, 2.45) is 5.92 Å². The minimum absolute atomic E-state index is 0.233. The van der Waals surface area contributed by atoms with Gasteiger partial charge in [0.1, 0.15) is 0 Å². The molecule has 0 spiro atoms. The first-order chi connectivity index (χ1) is 5.74. The Morgan fingerprint density at radius 1 is 1.50 bits per heavy atom. The minimum atomic E-state index is 0.233. The predicted molar refractivity (Wildman–Crippen MR) is 49.9 cm³/mol. The fraction of sp³-hybridized carbons (Fsp3) is 0.900. The Bertz CT molecular complexity index is 156. The van der Waals surface area contributed by atoms with Crippen LogP contribution in [0.4, 0.5) is 0 Å². The van der Waals surface area contributed by atoms with E-state index < -0.39 is 0 Å². The zero-order valence-electron chi connectivity index (χ0n) is 8.10. The molecule has 2 unspecified atom stereocenters. The van der Waals surface area contributed by atoms with E-state index in [1.54, 1.807) is 0 Å². The molecule has 0 aromatic carbocycles. The molecule has 1 fully saturated rings. The van der Waals surface area contributed by atoms with E-state index in [1.165, 1.54) is 19.3 Å². The second kappa shape index (κ2) is 4.48. The molecule has 2 heteroatoms. The molecular formula is C10H19NO. The monoisotopic (exact) mass is 169 g/mol. The molecule has 1 aliphatic carbocycles. The largest absolute Gasteiger partial charge is 0.353 e. The topological polar surface area (TPSA) is 29.1 Å². The molecule has 0 saturated heterocycles. The van der Waals surface area contributed by atoms with Gasteiger partial charge in [0, 0.05) is 12.5 Å². The van der Waals surface area contributed by atoms with Crippen LogP contribution in [-0.4, -0.2) is 11.9 Å². The molecular weight excluding hydrogens is 150 g/mol. The first kappa shape index (κ1) is 9.56. The number of hydrogen-bond donors (Lipinski definition) is 1. The summed E-state index contributed by atoms with van der Waals surface area (Å²) in [5, 5.41) is 3.09. The highest BCUT2D eigenvalue weighted by Gasteiger charge is 2.23. The van der Waals surface area contributed by atoms with E-state index in [0.29, 0.717) is 18.4 Å². The molecule has 0 bridgehead atoms. The summed E-state index contributed by atoms with van der Waals surface area (Å²) < 4.78 is 0. The zero-order valence-corrected chi connectivity index (χ0v) is 8.10. The lowest BCUT2D eigenvalue weighted by molar-refractivity contribution is -0.122. The Balaban J connectivity index is 2.25. The van der Waals surface area contributed by atoms with Crippen LogP contribution in [-0.2, 0) is 4.79 Å². The number of amides is 1. The molecule has 2 nitrogen and oxygen atoms in total. The fourth-order valence-electron chi connectivity index (χ4n) is 1.87. The zero-order chi connectivity index (χ0) is 8.97. The van der Waals surface area contributed by atoms with Crippen LogP contribution in [0, 0.1) is 5.92 Å². The fourth-order valence-corrected chi connectivity index (χ4v) is 1.87. The summed E-state index contributed by atoms with van der Waals surface area (Å²) in [4.78, 5) is 11.2. The second-order valence-electron chi connectivity index (χ2n) is 3.83. The van der Waals surface area contributed by atoms with E-state index in [9.17, 15) is 4.79 Å². The smallest absolute Gasteiger partial charge is 0.220 e. The molecule has 12 heavy (non-hydrogen) atoms. The van der Waals surface area contributed by atoms with Gasteiger partial charge in [-0.05, 0) is 25.2 Å². The number of rotatable bonds is 3. The Labute approximate surface area is 74.7 Å². The summed E-state index contributed by atoms with van der Waals surface area (Å²) in [6.07, 6.45) is 5.36. The van der Waals surface area contributed by atoms with Crippen LogP contribution in [0.3, 0.4) is 0 Å². The molecule has 1 saturated carbocycles. The molecule has 1 aliphatic rings. The summed E-state index contributed by atoms with van der Waals surface area (Å²) in [7, 11) is 0. The standard InChI is InChI=1S/C10H19NO/c1-3-5-10(12)11-9-7-4-6-8(9)2/h8-9H,3-7H2,1-2H3,(H,11,12). The highest BCUT2D eigenvalue weighted by atomic mass is 16.1. The van der Waals surface area contributed by atoms with Gasteiger partial charge in [-0.25, -0.2) is 0 Å². The average Bonchev–Trinajstić information content (AvgIpc) is 2.37. The van der Waals surface area contributed by atoms with Crippen molar-refractivity contribution in [3.8, 4) is 0 Å². The third-order valence-corrected chi connectivity index (χ3v) is 2.68. The van der Waals surface area contributed by atoms with Gasteiger partial charge in [-0.15, -0.1) is 0 Å². The SMILES string of the molecule is CCCC(=O)NC1CCCC1C. The van der Waals surface area contributed by atoms with Crippen molar-refractivity contribution in [2.45, 2.75) is 52.0 Å². The van der Waals surface area contributed by atoms with Gasteiger partial charge < -0.3 is 5.32 Å². The molecule has 0 aromatic heterocycles. The highest BCUT2D eigenvalue weighted by molar-refractivity contribution is 5.76. The molecule has 0 heterocycles. The van der Waals surface area contributed by atoms with Crippen molar-refractivity contribution in [1.82, 2.24) is 5.32 Å². The molecule has 0 radical (unpaired) electrons. The molecule has 1 amide bonds. The molecule has 0 aliphatic heterocycles. The first-order valence-electron chi connectivity index (χ1n) is 5.03. The molecule has 2 atom stereocenters. The Kier molecular flexibility index (Phi) is 3.57. The summed E-state index contributed by atoms with van der Waals surface area (Å²) in [5.74, 6) is 0.919. The third-order valence-electron chi connectivity index (χ3n) is 2.68. The Morgan fingerprint density at radius 2 is 2.25 bits per heavy atom. The van der Waals surface area contributed by atoms with E-state index in [0.717, 1.165) is 6.42 Å². The van der Waals surface area contributed by atoms with E-state index in [-0.39, 0.29) is 5.91 Å². The lowest BCUT2D eigenvalue weighted by Gasteiger charge is -2.16. The molecule has 70 valence electrons. The maximum absolute atomic E-state index is 11.2. The predicted octanol–water partition coefficient (Wildman–Crippen LogP) is 2.09. The van der Waals surface area contributed by atoms with Crippen LogP contribution in [0.15, 0.2) is 0 Å². The van der Waals surface area contributed by atoms with Gasteiger partial charge in [-0.3, -0.25) is 4.79 Å². The van der Waals surface area contributed by atoms with Crippen LogP contribution in [0.5, 0.6) is 0 Å². The van der Waals surface area contributed by atoms with E-state index in [4.69, 9.17) is 0 Å². The normalized spacial score (nSPS) is 28.8. The van der Waals surface area contributed by atoms with Crippen molar-refractivity contribution in [1.29, 1.82) is 0 Å². The van der Waals surface area contributed by atoms with Gasteiger partial charge in [-0.1, -0.05) is 20.3 Å². The molecule has 1 N–H and O–H groups in total. The van der Waals surface area contributed by atoms with Gasteiger partial charge in [0.2, 0.25) is 5.91 Å². The van der Waals surface area contributed by atoms with Crippen molar-refractivity contribution in [3.63, 3.8) is 0 Å². The van der Waals surface area contributed by atoms with E-state index in [1.807, 2.05) is 6.92 Å². The van der Waals surface area contributed by atoms with Crippen molar-refractivity contribution in [3.05, 3.63) is 0 Å². The van der Waals surface area contributed by atoms with Gasteiger partial charge in [-0.2, -0.15) is 0 Å². The van der Waals surface area contributed by atoms with Crippen LogP contribution in [0.2, 0.25) is 0 Å². The Morgan fingerprint density at radius 3 is 2.75 bits per heavy atom. The average molecular weight is 169 g/mol. The molecule has 1 rings (SSSR count). The van der Waals surface area contributed by atoms with E-state index >= 15 is 0 Å². The van der Waals surface area contributed by atoms with Crippen LogP contribution in [0.25, 0.3) is 0 Å². The van der Waals surface area contributed by atoms with Gasteiger partial charge >= 0.3 is 0 Å². The van der Waals surface area contributed by atoms with Gasteiger partial charge in [0.15, 0.2) is 0 Å². The van der Waals surface area contributed by atoms with Gasteiger partial charge in [0.25, 0.3) is 0 Å². The Hall–Kier alpha value is -0.530. The number of hydrogen-bond acceptors (Lipinski definition) is 1. The molecule has 0 aromatic rings.